The van der Waals surface area contributed by atoms with E-state index in [1.807, 2.05) is 19.2 Å². The number of nitrogens with zero attached hydrogens (tertiary/aromatic N) is 2. The van der Waals surface area contributed by atoms with Gasteiger partial charge in [-0.05, 0) is 31.9 Å². The minimum Gasteiger partial charge on any atom is -0.308 e. The van der Waals surface area contributed by atoms with Gasteiger partial charge in [-0.2, -0.15) is 0 Å². The highest BCUT2D eigenvalue weighted by molar-refractivity contribution is 5.35. The lowest BCUT2D eigenvalue weighted by Gasteiger charge is -2.18. The average Bonchev–Trinajstić information content (AvgIpc) is 2.78. The third-order valence-corrected chi connectivity index (χ3v) is 3.63. The molecule has 1 unspecified atom stereocenters. The number of hydrogen-bond acceptors (Lipinski definition) is 2. The van der Waals surface area contributed by atoms with Crippen molar-refractivity contribution >= 4 is 0 Å². The molecular weight excluding hydrogens is 234 g/mol. The van der Waals surface area contributed by atoms with Crippen molar-refractivity contribution in [3.63, 3.8) is 0 Å². The van der Waals surface area contributed by atoms with E-state index in [0.29, 0.717) is 12.0 Å². The molecule has 0 fully saturated rings. The summed E-state index contributed by atoms with van der Waals surface area (Å²) in [5, 5.41) is 3.56. The molecule has 0 aliphatic rings. The number of benzene rings is 1. The van der Waals surface area contributed by atoms with E-state index >= 15 is 0 Å². The highest BCUT2D eigenvalue weighted by Crippen LogP contribution is 2.14. The van der Waals surface area contributed by atoms with Crippen LogP contribution in [0.3, 0.4) is 0 Å². The van der Waals surface area contributed by atoms with Gasteiger partial charge in [-0.25, -0.2) is 4.98 Å². The van der Waals surface area contributed by atoms with Crippen LogP contribution in [0.15, 0.2) is 36.5 Å². The van der Waals surface area contributed by atoms with Crippen LogP contribution in [0.2, 0.25) is 0 Å². The van der Waals surface area contributed by atoms with Crippen LogP contribution in [0, 0.1) is 12.8 Å². The molecule has 0 saturated heterocycles. The molecular formula is C16H23N3. The molecule has 0 amide bonds. The lowest BCUT2D eigenvalue weighted by atomic mass is 10.1. The number of aromatic nitrogens is 2. The summed E-state index contributed by atoms with van der Waals surface area (Å²) in [6.07, 6.45) is 1.96. The fraction of sp³-hybridized carbons (Fsp3) is 0.438. The summed E-state index contributed by atoms with van der Waals surface area (Å²) in [5.74, 6) is 1.66. The molecule has 1 aromatic carbocycles. The van der Waals surface area contributed by atoms with Crippen molar-refractivity contribution in [3.05, 3.63) is 48.0 Å². The quantitative estimate of drug-likeness (QED) is 0.890. The SMILES string of the molecule is Cc1ncc(CNC(C)C(C)C)n1-c1ccccc1. The van der Waals surface area contributed by atoms with E-state index in [1.54, 1.807) is 0 Å². The summed E-state index contributed by atoms with van der Waals surface area (Å²) in [4.78, 5) is 4.44. The topological polar surface area (TPSA) is 29.9 Å². The molecule has 1 N–H and O–H groups in total. The van der Waals surface area contributed by atoms with Crippen molar-refractivity contribution in [2.75, 3.05) is 0 Å². The minimum absolute atomic E-state index is 0.499. The van der Waals surface area contributed by atoms with Gasteiger partial charge in [-0.15, -0.1) is 0 Å². The summed E-state index contributed by atoms with van der Waals surface area (Å²) in [5.41, 5.74) is 2.38. The van der Waals surface area contributed by atoms with Crippen LogP contribution >= 0.6 is 0 Å². The van der Waals surface area contributed by atoms with Crippen molar-refractivity contribution in [1.29, 1.82) is 0 Å². The van der Waals surface area contributed by atoms with Gasteiger partial charge in [0.05, 0.1) is 11.9 Å². The Morgan fingerprint density at radius 1 is 1.16 bits per heavy atom. The summed E-state index contributed by atoms with van der Waals surface area (Å²) < 4.78 is 2.21. The molecule has 102 valence electrons. The van der Waals surface area contributed by atoms with Crippen LogP contribution in [0.4, 0.5) is 0 Å². The van der Waals surface area contributed by atoms with E-state index in [1.165, 1.54) is 11.4 Å². The summed E-state index contributed by atoms with van der Waals surface area (Å²) in [6, 6.07) is 10.9. The summed E-state index contributed by atoms with van der Waals surface area (Å²) in [6.45, 7) is 9.58. The second-order valence-electron chi connectivity index (χ2n) is 5.38. The maximum atomic E-state index is 4.44. The molecule has 19 heavy (non-hydrogen) atoms. The number of imidazole rings is 1. The summed E-state index contributed by atoms with van der Waals surface area (Å²) >= 11 is 0. The molecule has 0 spiro atoms. The zero-order valence-electron chi connectivity index (χ0n) is 12.2. The first-order chi connectivity index (χ1) is 9.09. The standard InChI is InChI=1S/C16H23N3/c1-12(2)13(3)17-10-16-11-18-14(4)19(16)15-8-6-5-7-9-15/h5-9,11-13,17H,10H2,1-4H3. The molecule has 1 heterocycles. The molecule has 3 nitrogen and oxygen atoms in total. The third kappa shape index (κ3) is 3.24. The van der Waals surface area contributed by atoms with E-state index < -0.39 is 0 Å². The van der Waals surface area contributed by atoms with Gasteiger partial charge in [0.15, 0.2) is 0 Å². The molecule has 2 rings (SSSR count). The highest BCUT2D eigenvalue weighted by atomic mass is 15.1. The molecule has 0 aliphatic carbocycles. The maximum absolute atomic E-state index is 4.44. The highest BCUT2D eigenvalue weighted by Gasteiger charge is 2.11. The van der Waals surface area contributed by atoms with Gasteiger partial charge in [-0.1, -0.05) is 32.0 Å². The van der Waals surface area contributed by atoms with Gasteiger partial charge in [0.1, 0.15) is 5.82 Å². The monoisotopic (exact) mass is 257 g/mol. The zero-order chi connectivity index (χ0) is 13.8. The molecule has 1 aromatic heterocycles. The van der Waals surface area contributed by atoms with Crippen molar-refractivity contribution < 1.29 is 0 Å². The normalized spacial score (nSPS) is 12.9. The van der Waals surface area contributed by atoms with E-state index in [-0.39, 0.29) is 0 Å². The molecule has 2 aromatic rings. The molecule has 3 heteroatoms. The van der Waals surface area contributed by atoms with Gasteiger partial charge in [-0.3, -0.25) is 4.57 Å². The first kappa shape index (κ1) is 13.8. The van der Waals surface area contributed by atoms with Crippen LogP contribution in [0.1, 0.15) is 32.3 Å². The number of para-hydroxylation sites is 1. The number of hydrogen-bond donors (Lipinski definition) is 1. The van der Waals surface area contributed by atoms with Gasteiger partial charge >= 0.3 is 0 Å². The van der Waals surface area contributed by atoms with Crippen LogP contribution in [0.5, 0.6) is 0 Å². The predicted octanol–water partition coefficient (Wildman–Crippen LogP) is 3.31. The summed E-state index contributed by atoms with van der Waals surface area (Å²) in [7, 11) is 0. The van der Waals surface area contributed by atoms with Crippen LogP contribution < -0.4 is 5.32 Å². The fourth-order valence-corrected chi connectivity index (χ4v) is 2.05. The second kappa shape index (κ2) is 6.02. The Kier molecular flexibility index (Phi) is 4.38. The first-order valence-corrected chi connectivity index (χ1v) is 6.91. The minimum atomic E-state index is 0.499. The Hall–Kier alpha value is -1.61. The maximum Gasteiger partial charge on any atom is 0.110 e. The Labute approximate surface area is 115 Å². The Morgan fingerprint density at radius 2 is 1.84 bits per heavy atom. The largest absolute Gasteiger partial charge is 0.308 e. The van der Waals surface area contributed by atoms with Gasteiger partial charge in [0, 0.05) is 18.3 Å². The lowest BCUT2D eigenvalue weighted by molar-refractivity contribution is 0.422. The predicted molar refractivity (Wildman–Crippen MR) is 79.4 cm³/mol. The van der Waals surface area contributed by atoms with Crippen LogP contribution in [-0.2, 0) is 6.54 Å². The molecule has 0 bridgehead atoms. The van der Waals surface area contributed by atoms with E-state index in [2.05, 4.69) is 59.9 Å². The number of nitrogens with one attached hydrogen (secondary N) is 1. The third-order valence-electron chi connectivity index (χ3n) is 3.63. The molecule has 0 radical (unpaired) electrons. The average molecular weight is 257 g/mol. The molecule has 0 aliphatic heterocycles. The lowest BCUT2D eigenvalue weighted by Crippen LogP contribution is -2.30. The van der Waals surface area contributed by atoms with Gasteiger partial charge in [0.25, 0.3) is 0 Å². The van der Waals surface area contributed by atoms with E-state index in [9.17, 15) is 0 Å². The van der Waals surface area contributed by atoms with Crippen molar-refractivity contribution in [3.8, 4) is 5.69 Å². The number of rotatable bonds is 5. The van der Waals surface area contributed by atoms with Crippen LogP contribution in [-0.4, -0.2) is 15.6 Å². The van der Waals surface area contributed by atoms with Crippen molar-refractivity contribution in [1.82, 2.24) is 14.9 Å². The van der Waals surface area contributed by atoms with Gasteiger partial charge in [0.2, 0.25) is 0 Å². The van der Waals surface area contributed by atoms with Crippen LogP contribution in [0.25, 0.3) is 5.69 Å². The first-order valence-electron chi connectivity index (χ1n) is 6.91. The second-order valence-corrected chi connectivity index (χ2v) is 5.38. The van der Waals surface area contributed by atoms with Crippen molar-refractivity contribution in [2.45, 2.75) is 40.3 Å². The zero-order valence-corrected chi connectivity index (χ0v) is 12.2. The fourth-order valence-electron chi connectivity index (χ4n) is 2.05. The Morgan fingerprint density at radius 3 is 2.47 bits per heavy atom. The molecule has 0 saturated carbocycles. The Balaban J connectivity index is 2.19. The Bertz CT molecular complexity index is 514. The van der Waals surface area contributed by atoms with Gasteiger partial charge < -0.3 is 5.32 Å². The van der Waals surface area contributed by atoms with E-state index in [4.69, 9.17) is 0 Å². The van der Waals surface area contributed by atoms with Crippen molar-refractivity contribution in [2.24, 2.45) is 5.92 Å². The number of aryl methyl sites for hydroxylation is 1. The molecule has 1 atom stereocenters. The van der Waals surface area contributed by atoms with E-state index in [0.717, 1.165) is 12.4 Å². The smallest absolute Gasteiger partial charge is 0.110 e.